The maximum Gasteiger partial charge on any atom is 0.252 e. The fraction of sp³-hybridized carbons (Fsp3) is 0.500. The topological polar surface area (TPSA) is 49.3 Å². The predicted octanol–water partition coefficient (Wildman–Crippen LogP) is 2.82. The lowest BCUT2D eigenvalue weighted by Gasteiger charge is -2.20. The molecule has 0 fully saturated rings. The minimum Gasteiger partial charge on any atom is -0.391 e. The van der Waals surface area contributed by atoms with Crippen LogP contribution < -0.4 is 5.32 Å². The number of nitrogens with one attached hydrogen (secondary N) is 1. The van der Waals surface area contributed by atoms with E-state index in [1.807, 2.05) is 18.2 Å². The van der Waals surface area contributed by atoms with Crippen LogP contribution in [0.3, 0.4) is 0 Å². The number of rotatable bonds is 6. The van der Waals surface area contributed by atoms with Gasteiger partial charge in [-0.1, -0.05) is 38.8 Å². The molecule has 0 aliphatic heterocycles. The van der Waals surface area contributed by atoms with Crippen LogP contribution in [0.4, 0.5) is 0 Å². The zero-order valence-electron chi connectivity index (χ0n) is 10.8. The van der Waals surface area contributed by atoms with Gasteiger partial charge in [-0.2, -0.15) is 0 Å². The van der Waals surface area contributed by atoms with Gasteiger partial charge in [-0.25, -0.2) is 0 Å². The van der Waals surface area contributed by atoms with Crippen molar-refractivity contribution in [2.24, 2.45) is 5.92 Å². The van der Waals surface area contributed by atoms with Gasteiger partial charge in [0.2, 0.25) is 0 Å². The molecule has 1 aromatic rings. The molecule has 0 spiro atoms. The molecule has 0 saturated heterocycles. The van der Waals surface area contributed by atoms with Gasteiger partial charge in [0.15, 0.2) is 0 Å². The molecule has 1 amide bonds. The first-order chi connectivity index (χ1) is 8.60. The van der Waals surface area contributed by atoms with Crippen LogP contribution >= 0.6 is 22.6 Å². The van der Waals surface area contributed by atoms with Gasteiger partial charge in [-0.05, 0) is 40.6 Å². The minimum atomic E-state index is -0.467. The van der Waals surface area contributed by atoms with Crippen molar-refractivity contribution in [1.29, 1.82) is 0 Å². The van der Waals surface area contributed by atoms with E-state index in [0.29, 0.717) is 12.1 Å². The predicted molar refractivity (Wildman–Crippen MR) is 81.6 cm³/mol. The Bertz CT molecular complexity index is 391. The normalized spacial score (nSPS) is 12.5. The summed E-state index contributed by atoms with van der Waals surface area (Å²) in [7, 11) is 0. The molecule has 18 heavy (non-hydrogen) atoms. The smallest absolute Gasteiger partial charge is 0.252 e. The van der Waals surface area contributed by atoms with Gasteiger partial charge in [0.1, 0.15) is 0 Å². The Morgan fingerprint density at radius 1 is 1.33 bits per heavy atom. The fourth-order valence-electron chi connectivity index (χ4n) is 1.94. The van der Waals surface area contributed by atoms with Crippen LogP contribution in [0, 0.1) is 9.49 Å². The Balaban J connectivity index is 2.54. The van der Waals surface area contributed by atoms with Gasteiger partial charge < -0.3 is 10.4 Å². The second kappa shape index (κ2) is 7.74. The highest BCUT2D eigenvalue weighted by molar-refractivity contribution is 14.1. The number of aliphatic hydroxyl groups is 1. The highest BCUT2D eigenvalue weighted by Gasteiger charge is 2.17. The van der Waals surface area contributed by atoms with E-state index >= 15 is 0 Å². The number of aliphatic hydroxyl groups excluding tert-OH is 1. The summed E-state index contributed by atoms with van der Waals surface area (Å²) >= 11 is 2.14. The number of hydrogen-bond donors (Lipinski definition) is 2. The van der Waals surface area contributed by atoms with Crippen LogP contribution in [-0.2, 0) is 0 Å². The molecular weight excluding hydrogens is 341 g/mol. The molecule has 0 saturated carbocycles. The van der Waals surface area contributed by atoms with Crippen molar-refractivity contribution in [1.82, 2.24) is 5.32 Å². The summed E-state index contributed by atoms with van der Waals surface area (Å²) in [6.45, 7) is 4.43. The van der Waals surface area contributed by atoms with Crippen molar-refractivity contribution in [3.63, 3.8) is 0 Å². The fourth-order valence-corrected chi connectivity index (χ4v) is 2.57. The van der Waals surface area contributed by atoms with E-state index in [9.17, 15) is 9.90 Å². The first kappa shape index (κ1) is 15.4. The molecule has 0 radical (unpaired) electrons. The van der Waals surface area contributed by atoms with Gasteiger partial charge in [0.05, 0.1) is 11.7 Å². The number of carbonyl (C=O) groups excluding carboxylic acids is 1. The van der Waals surface area contributed by atoms with Crippen molar-refractivity contribution in [2.75, 3.05) is 6.54 Å². The molecular formula is C14H20INO2. The number of halogens is 1. The number of benzene rings is 1. The molecule has 3 nitrogen and oxygen atoms in total. The van der Waals surface area contributed by atoms with Gasteiger partial charge in [0.25, 0.3) is 5.91 Å². The van der Waals surface area contributed by atoms with Crippen LogP contribution in [0.15, 0.2) is 24.3 Å². The van der Waals surface area contributed by atoms with Crippen LogP contribution in [-0.4, -0.2) is 23.7 Å². The largest absolute Gasteiger partial charge is 0.391 e. The lowest BCUT2D eigenvalue weighted by Crippen LogP contribution is -2.36. The molecule has 0 aliphatic rings. The van der Waals surface area contributed by atoms with E-state index in [4.69, 9.17) is 0 Å². The summed E-state index contributed by atoms with van der Waals surface area (Å²) in [5.74, 6) is 0.130. The summed E-state index contributed by atoms with van der Waals surface area (Å²) < 4.78 is 0.921. The Kier molecular flexibility index (Phi) is 6.63. The van der Waals surface area contributed by atoms with Gasteiger partial charge >= 0.3 is 0 Å². The summed E-state index contributed by atoms with van der Waals surface area (Å²) in [6.07, 6.45) is 1.39. The second-order valence-corrected chi connectivity index (χ2v) is 5.50. The third-order valence-electron chi connectivity index (χ3n) is 3.18. The van der Waals surface area contributed by atoms with E-state index in [1.165, 1.54) is 0 Å². The van der Waals surface area contributed by atoms with Crippen molar-refractivity contribution < 1.29 is 9.90 Å². The molecule has 1 rings (SSSR count). The highest BCUT2D eigenvalue weighted by atomic mass is 127. The standard InChI is InChI=1S/C14H20INO2/c1-3-10(4-2)13(17)9-16-14(18)11-7-5-6-8-12(11)15/h5-8,10,13,17H,3-4,9H2,1-2H3,(H,16,18). The van der Waals surface area contributed by atoms with Gasteiger partial charge in [-0.15, -0.1) is 0 Å². The van der Waals surface area contributed by atoms with E-state index in [-0.39, 0.29) is 11.8 Å². The van der Waals surface area contributed by atoms with Crippen molar-refractivity contribution in [3.8, 4) is 0 Å². The summed E-state index contributed by atoms with van der Waals surface area (Å²) in [4.78, 5) is 11.9. The number of hydrogen-bond acceptors (Lipinski definition) is 2. The average Bonchev–Trinajstić information content (AvgIpc) is 2.38. The molecule has 0 bridgehead atoms. The van der Waals surface area contributed by atoms with Crippen LogP contribution in [0.5, 0.6) is 0 Å². The average molecular weight is 361 g/mol. The molecule has 0 heterocycles. The zero-order valence-corrected chi connectivity index (χ0v) is 13.0. The lowest BCUT2D eigenvalue weighted by atomic mass is 9.96. The molecule has 1 unspecified atom stereocenters. The molecule has 0 aromatic heterocycles. The Hall–Kier alpha value is -0.620. The summed E-state index contributed by atoms with van der Waals surface area (Å²) in [6, 6.07) is 7.43. The van der Waals surface area contributed by atoms with Crippen LogP contribution in [0.1, 0.15) is 37.0 Å². The maximum atomic E-state index is 11.9. The third kappa shape index (κ3) is 4.24. The first-order valence-electron chi connectivity index (χ1n) is 6.30. The highest BCUT2D eigenvalue weighted by Crippen LogP contribution is 2.13. The minimum absolute atomic E-state index is 0.120. The number of carbonyl (C=O) groups is 1. The Morgan fingerprint density at radius 2 is 1.94 bits per heavy atom. The van der Waals surface area contributed by atoms with Crippen LogP contribution in [0.25, 0.3) is 0 Å². The van der Waals surface area contributed by atoms with Gasteiger partial charge in [0, 0.05) is 10.1 Å². The lowest BCUT2D eigenvalue weighted by molar-refractivity contribution is 0.0816. The number of amides is 1. The van der Waals surface area contributed by atoms with Crippen molar-refractivity contribution in [2.45, 2.75) is 32.8 Å². The van der Waals surface area contributed by atoms with E-state index in [2.05, 4.69) is 41.8 Å². The Labute approximate surface area is 122 Å². The summed E-state index contributed by atoms with van der Waals surface area (Å²) in [5, 5.41) is 12.8. The maximum absolute atomic E-state index is 11.9. The molecule has 2 N–H and O–H groups in total. The quantitative estimate of drug-likeness (QED) is 0.766. The second-order valence-electron chi connectivity index (χ2n) is 4.33. The molecule has 1 atom stereocenters. The van der Waals surface area contributed by atoms with Crippen molar-refractivity contribution >= 4 is 28.5 Å². The van der Waals surface area contributed by atoms with E-state index in [0.717, 1.165) is 16.4 Å². The monoisotopic (exact) mass is 361 g/mol. The molecule has 4 heteroatoms. The van der Waals surface area contributed by atoms with E-state index in [1.54, 1.807) is 6.07 Å². The SMILES string of the molecule is CCC(CC)C(O)CNC(=O)c1ccccc1I. The molecule has 100 valence electrons. The zero-order chi connectivity index (χ0) is 13.5. The third-order valence-corrected chi connectivity index (χ3v) is 4.12. The summed E-state index contributed by atoms with van der Waals surface area (Å²) in [5.41, 5.74) is 0.662. The Morgan fingerprint density at radius 3 is 2.50 bits per heavy atom. The molecule has 1 aromatic carbocycles. The first-order valence-corrected chi connectivity index (χ1v) is 7.38. The molecule has 0 aliphatic carbocycles. The van der Waals surface area contributed by atoms with Gasteiger partial charge in [-0.3, -0.25) is 4.79 Å². The van der Waals surface area contributed by atoms with Crippen LogP contribution in [0.2, 0.25) is 0 Å². The van der Waals surface area contributed by atoms with Crippen molar-refractivity contribution in [3.05, 3.63) is 33.4 Å². The van der Waals surface area contributed by atoms with E-state index < -0.39 is 6.10 Å².